The van der Waals surface area contributed by atoms with Crippen molar-refractivity contribution in [3.05, 3.63) is 0 Å². The van der Waals surface area contributed by atoms with Gasteiger partial charge in [-0.05, 0) is 12.3 Å². The molecule has 2 aliphatic heterocycles. The number of morpholine rings is 1. The van der Waals surface area contributed by atoms with E-state index in [1.165, 1.54) is 0 Å². The van der Waals surface area contributed by atoms with E-state index in [0.717, 1.165) is 65.0 Å². The van der Waals surface area contributed by atoms with Crippen molar-refractivity contribution in [1.82, 2.24) is 15.1 Å². The van der Waals surface area contributed by atoms with E-state index in [1.807, 2.05) is 7.05 Å². The molecule has 2 heterocycles. The number of ether oxygens (including phenoxy) is 2. The summed E-state index contributed by atoms with van der Waals surface area (Å²) in [5, 5.41) is 3.57. The largest absolute Gasteiger partial charge is 0.381 e. The smallest absolute Gasteiger partial charge is 0.193 e. The number of guanidine groups is 1. The van der Waals surface area contributed by atoms with E-state index in [-0.39, 0.29) is 0 Å². The standard InChI is InChI=1S/C17H34N4O2/c1-14(2)16(21-6-9-22-10-7-21)11-19-17(18-3)20(4)12-15-5-8-23-13-15/h14-16H,5-13H2,1-4H3,(H,18,19). The Morgan fingerprint density at radius 2 is 2.00 bits per heavy atom. The predicted octanol–water partition coefficient (Wildman–Crippen LogP) is 0.887. The summed E-state index contributed by atoms with van der Waals surface area (Å²) >= 11 is 0. The molecule has 2 fully saturated rings. The van der Waals surface area contributed by atoms with E-state index in [4.69, 9.17) is 9.47 Å². The molecule has 2 unspecified atom stereocenters. The molecule has 6 heteroatoms. The first-order valence-corrected chi connectivity index (χ1v) is 8.93. The molecule has 0 aromatic rings. The molecule has 0 aromatic carbocycles. The number of nitrogens with zero attached hydrogens (tertiary/aromatic N) is 3. The highest BCUT2D eigenvalue weighted by Crippen LogP contribution is 2.14. The van der Waals surface area contributed by atoms with Gasteiger partial charge < -0.3 is 19.7 Å². The fraction of sp³-hybridized carbons (Fsp3) is 0.941. The van der Waals surface area contributed by atoms with E-state index in [9.17, 15) is 0 Å². The van der Waals surface area contributed by atoms with Crippen LogP contribution in [0.25, 0.3) is 0 Å². The molecule has 0 amide bonds. The molecule has 2 aliphatic rings. The number of hydrogen-bond acceptors (Lipinski definition) is 4. The third-order valence-electron chi connectivity index (χ3n) is 4.88. The van der Waals surface area contributed by atoms with Gasteiger partial charge in [0.25, 0.3) is 0 Å². The van der Waals surface area contributed by atoms with Gasteiger partial charge in [-0.1, -0.05) is 13.8 Å². The van der Waals surface area contributed by atoms with E-state index >= 15 is 0 Å². The molecule has 0 radical (unpaired) electrons. The van der Waals surface area contributed by atoms with Crippen molar-refractivity contribution in [2.45, 2.75) is 26.3 Å². The van der Waals surface area contributed by atoms with Crippen LogP contribution in [-0.4, -0.2) is 88.5 Å². The summed E-state index contributed by atoms with van der Waals surface area (Å²) in [6.07, 6.45) is 1.16. The third kappa shape index (κ3) is 5.62. The summed E-state index contributed by atoms with van der Waals surface area (Å²) in [4.78, 5) is 9.23. The monoisotopic (exact) mass is 326 g/mol. The van der Waals surface area contributed by atoms with Gasteiger partial charge in [0, 0.05) is 58.8 Å². The Morgan fingerprint density at radius 3 is 2.57 bits per heavy atom. The summed E-state index contributed by atoms with van der Waals surface area (Å²) in [5.41, 5.74) is 0. The molecular formula is C17H34N4O2. The first-order chi connectivity index (χ1) is 11.1. The fourth-order valence-corrected chi connectivity index (χ4v) is 3.48. The maximum absolute atomic E-state index is 5.48. The topological polar surface area (TPSA) is 49.3 Å². The maximum Gasteiger partial charge on any atom is 0.193 e. The number of rotatable bonds is 6. The lowest BCUT2D eigenvalue weighted by Crippen LogP contribution is -2.53. The van der Waals surface area contributed by atoms with Gasteiger partial charge in [-0.25, -0.2) is 0 Å². The van der Waals surface area contributed by atoms with Crippen LogP contribution in [0.15, 0.2) is 4.99 Å². The summed E-state index contributed by atoms with van der Waals surface area (Å²) in [6.45, 7) is 12.0. The molecule has 0 bridgehead atoms. The second-order valence-corrected chi connectivity index (χ2v) is 7.00. The highest BCUT2D eigenvalue weighted by molar-refractivity contribution is 5.79. The lowest BCUT2D eigenvalue weighted by Gasteiger charge is -2.37. The minimum Gasteiger partial charge on any atom is -0.381 e. The Labute approximate surface area is 141 Å². The lowest BCUT2D eigenvalue weighted by molar-refractivity contribution is 0.00741. The van der Waals surface area contributed by atoms with Crippen LogP contribution < -0.4 is 5.32 Å². The fourth-order valence-electron chi connectivity index (χ4n) is 3.48. The van der Waals surface area contributed by atoms with Gasteiger partial charge >= 0.3 is 0 Å². The van der Waals surface area contributed by atoms with Crippen molar-refractivity contribution in [2.75, 3.05) is 66.7 Å². The Bertz CT molecular complexity index is 364. The molecule has 23 heavy (non-hydrogen) atoms. The lowest BCUT2D eigenvalue weighted by atomic mass is 10.0. The highest BCUT2D eigenvalue weighted by Gasteiger charge is 2.25. The van der Waals surface area contributed by atoms with Crippen LogP contribution in [0.5, 0.6) is 0 Å². The van der Waals surface area contributed by atoms with E-state index in [0.29, 0.717) is 17.9 Å². The third-order valence-corrected chi connectivity index (χ3v) is 4.88. The molecule has 2 rings (SSSR count). The molecule has 6 nitrogen and oxygen atoms in total. The van der Waals surface area contributed by atoms with E-state index in [1.54, 1.807) is 0 Å². The van der Waals surface area contributed by atoms with E-state index < -0.39 is 0 Å². The first kappa shape index (κ1) is 18.5. The molecule has 0 spiro atoms. The van der Waals surface area contributed by atoms with Gasteiger partial charge in [0.1, 0.15) is 0 Å². The molecule has 2 atom stereocenters. The SMILES string of the molecule is CN=C(NCC(C(C)C)N1CCOCC1)N(C)CC1CCOC1. The quantitative estimate of drug-likeness (QED) is 0.580. The van der Waals surface area contributed by atoms with Crippen molar-refractivity contribution in [1.29, 1.82) is 0 Å². The number of nitrogens with one attached hydrogen (secondary N) is 1. The van der Waals surface area contributed by atoms with Crippen LogP contribution in [0.4, 0.5) is 0 Å². The zero-order valence-electron chi connectivity index (χ0n) is 15.3. The Hall–Kier alpha value is -0.850. The van der Waals surface area contributed by atoms with Crippen LogP contribution in [0.2, 0.25) is 0 Å². The van der Waals surface area contributed by atoms with Crippen molar-refractivity contribution < 1.29 is 9.47 Å². The zero-order chi connectivity index (χ0) is 16.7. The molecule has 134 valence electrons. The highest BCUT2D eigenvalue weighted by atomic mass is 16.5. The van der Waals surface area contributed by atoms with Gasteiger partial charge in [-0.3, -0.25) is 9.89 Å². The molecule has 1 N–H and O–H groups in total. The maximum atomic E-state index is 5.48. The zero-order valence-corrected chi connectivity index (χ0v) is 15.3. The van der Waals surface area contributed by atoms with Crippen molar-refractivity contribution >= 4 is 5.96 Å². The van der Waals surface area contributed by atoms with Crippen LogP contribution in [-0.2, 0) is 9.47 Å². The molecular weight excluding hydrogens is 292 g/mol. The second-order valence-electron chi connectivity index (χ2n) is 7.00. The minimum absolute atomic E-state index is 0.513. The van der Waals surface area contributed by atoms with E-state index in [2.05, 4.69) is 41.0 Å². The summed E-state index contributed by atoms with van der Waals surface area (Å²) < 4.78 is 11.0. The minimum atomic E-state index is 0.513. The first-order valence-electron chi connectivity index (χ1n) is 8.93. The van der Waals surface area contributed by atoms with Crippen molar-refractivity contribution in [2.24, 2.45) is 16.8 Å². The molecule has 0 saturated carbocycles. The average molecular weight is 326 g/mol. The number of hydrogen-bond donors (Lipinski definition) is 1. The van der Waals surface area contributed by atoms with Crippen molar-refractivity contribution in [3.8, 4) is 0 Å². The van der Waals surface area contributed by atoms with Gasteiger partial charge in [0.05, 0.1) is 19.8 Å². The number of aliphatic imine (C=N–C) groups is 1. The Morgan fingerprint density at radius 1 is 1.26 bits per heavy atom. The van der Waals surface area contributed by atoms with Gasteiger partial charge in [-0.15, -0.1) is 0 Å². The molecule has 0 aromatic heterocycles. The van der Waals surface area contributed by atoms with Gasteiger partial charge in [0.2, 0.25) is 0 Å². The van der Waals surface area contributed by atoms with Crippen LogP contribution in [0.1, 0.15) is 20.3 Å². The molecule has 0 aliphatic carbocycles. The summed E-state index contributed by atoms with van der Waals surface area (Å²) in [7, 11) is 3.98. The predicted molar refractivity (Wildman–Crippen MR) is 93.9 cm³/mol. The molecule has 2 saturated heterocycles. The average Bonchev–Trinajstić information content (AvgIpc) is 3.05. The summed E-state index contributed by atoms with van der Waals surface area (Å²) in [5.74, 6) is 2.21. The van der Waals surface area contributed by atoms with Gasteiger partial charge in [0.15, 0.2) is 5.96 Å². The van der Waals surface area contributed by atoms with Gasteiger partial charge in [-0.2, -0.15) is 0 Å². The van der Waals surface area contributed by atoms with Crippen LogP contribution in [0, 0.1) is 11.8 Å². The van der Waals surface area contributed by atoms with Crippen LogP contribution in [0.3, 0.4) is 0 Å². The Kier molecular flexibility index (Phi) is 7.59. The summed E-state index contributed by atoms with van der Waals surface area (Å²) in [6, 6.07) is 0.513. The normalized spacial score (nSPS) is 24.9. The Balaban J connectivity index is 1.83. The second kappa shape index (κ2) is 9.45. The van der Waals surface area contributed by atoms with Crippen LogP contribution >= 0.6 is 0 Å². The van der Waals surface area contributed by atoms with Crippen molar-refractivity contribution in [3.63, 3.8) is 0 Å².